The zero-order valence-corrected chi connectivity index (χ0v) is 16.9. The summed E-state index contributed by atoms with van der Waals surface area (Å²) < 4.78 is 39.0. The molecule has 1 aromatic heterocycles. The fourth-order valence-electron chi connectivity index (χ4n) is 3.82. The molecule has 1 aliphatic heterocycles. The number of halogens is 3. The van der Waals surface area contributed by atoms with Crippen LogP contribution in [0.2, 0.25) is 0 Å². The summed E-state index contributed by atoms with van der Waals surface area (Å²) in [5.41, 5.74) is 2.50. The van der Waals surface area contributed by atoms with Crippen molar-refractivity contribution < 1.29 is 13.2 Å². The van der Waals surface area contributed by atoms with Crippen LogP contribution in [-0.2, 0) is 12.7 Å². The molecule has 1 fully saturated rings. The number of piperazine rings is 1. The Morgan fingerprint density at radius 3 is 2.37 bits per heavy atom. The molecule has 0 radical (unpaired) electrons. The van der Waals surface area contributed by atoms with E-state index in [1.54, 1.807) is 12.3 Å². The smallest absolute Gasteiger partial charge is 0.338 e. The average Bonchev–Trinajstić information content (AvgIpc) is 3.24. The number of aromatic nitrogens is 2. The first-order chi connectivity index (χ1) is 14.4. The highest BCUT2D eigenvalue weighted by Gasteiger charge is 2.30. The topological polar surface area (TPSA) is 35.2 Å². The summed E-state index contributed by atoms with van der Waals surface area (Å²) in [5, 5.41) is 0. The van der Waals surface area contributed by atoms with Crippen molar-refractivity contribution in [2.45, 2.75) is 19.6 Å². The molecule has 2 heterocycles. The summed E-state index contributed by atoms with van der Waals surface area (Å²) in [6, 6.07) is 13.4. The van der Waals surface area contributed by atoms with Crippen molar-refractivity contribution in [3.8, 4) is 22.6 Å². The molecule has 0 aliphatic carbocycles. The number of aromatic amines is 1. The minimum absolute atomic E-state index is 0.466. The van der Waals surface area contributed by atoms with Crippen LogP contribution >= 0.6 is 0 Å². The predicted molar refractivity (Wildman–Crippen MR) is 112 cm³/mol. The Labute approximate surface area is 174 Å². The van der Waals surface area contributed by atoms with Gasteiger partial charge in [0.05, 0.1) is 17.5 Å². The number of rotatable bonds is 5. The standard InChI is InChI=1S/C23H25F3N4/c1-2-29-9-11-30(12-10-29)16-17-5-3-7-19(13-17)22-27-15-21(28-22)18-6-4-8-20(14-18)23(24,25)26/h3-8,13-15H,2,9-12,16H2,1H3,(H,27,28). The second-order valence-electron chi connectivity index (χ2n) is 7.63. The first-order valence-corrected chi connectivity index (χ1v) is 10.2. The monoisotopic (exact) mass is 414 g/mol. The molecule has 0 bridgehead atoms. The maximum absolute atomic E-state index is 13.0. The van der Waals surface area contributed by atoms with E-state index in [-0.39, 0.29) is 0 Å². The third-order valence-electron chi connectivity index (χ3n) is 5.60. The largest absolute Gasteiger partial charge is 0.416 e. The third kappa shape index (κ3) is 4.74. The van der Waals surface area contributed by atoms with E-state index >= 15 is 0 Å². The van der Waals surface area contributed by atoms with Crippen LogP contribution in [0.4, 0.5) is 13.2 Å². The van der Waals surface area contributed by atoms with Gasteiger partial charge in [0, 0.05) is 43.9 Å². The lowest BCUT2D eigenvalue weighted by Gasteiger charge is -2.34. The van der Waals surface area contributed by atoms with Crippen molar-refractivity contribution in [2.24, 2.45) is 0 Å². The molecule has 0 amide bonds. The van der Waals surface area contributed by atoms with Crippen LogP contribution in [0.3, 0.4) is 0 Å². The third-order valence-corrected chi connectivity index (χ3v) is 5.60. The van der Waals surface area contributed by atoms with Gasteiger partial charge in [-0.1, -0.05) is 37.3 Å². The van der Waals surface area contributed by atoms with E-state index in [1.165, 1.54) is 11.6 Å². The van der Waals surface area contributed by atoms with E-state index in [2.05, 4.69) is 38.8 Å². The average molecular weight is 414 g/mol. The summed E-state index contributed by atoms with van der Waals surface area (Å²) >= 11 is 0. The van der Waals surface area contributed by atoms with Gasteiger partial charge in [0.2, 0.25) is 0 Å². The molecule has 4 rings (SSSR count). The predicted octanol–water partition coefficient (Wildman–Crippen LogP) is 4.90. The minimum Gasteiger partial charge on any atom is -0.338 e. The van der Waals surface area contributed by atoms with Crippen LogP contribution < -0.4 is 0 Å². The van der Waals surface area contributed by atoms with E-state index in [9.17, 15) is 13.2 Å². The molecule has 1 saturated heterocycles. The summed E-state index contributed by atoms with van der Waals surface area (Å²) in [4.78, 5) is 12.5. The van der Waals surface area contributed by atoms with Crippen molar-refractivity contribution >= 4 is 0 Å². The van der Waals surface area contributed by atoms with Gasteiger partial charge < -0.3 is 9.88 Å². The molecule has 4 nitrogen and oxygen atoms in total. The van der Waals surface area contributed by atoms with Crippen LogP contribution in [-0.4, -0.2) is 52.5 Å². The first kappa shape index (κ1) is 20.6. The zero-order valence-electron chi connectivity index (χ0n) is 16.9. The Morgan fingerprint density at radius 1 is 0.933 bits per heavy atom. The Bertz CT molecular complexity index is 988. The van der Waals surface area contributed by atoms with Crippen LogP contribution in [0, 0.1) is 0 Å². The fraction of sp³-hybridized carbons (Fsp3) is 0.348. The Kier molecular flexibility index (Phi) is 5.92. The zero-order chi connectivity index (χ0) is 21.1. The lowest BCUT2D eigenvalue weighted by atomic mass is 10.1. The second-order valence-corrected chi connectivity index (χ2v) is 7.63. The number of alkyl halides is 3. The highest BCUT2D eigenvalue weighted by atomic mass is 19.4. The lowest BCUT2D eigenvalue weighted by molar-refractivity contribution is -0.137. The fourth-order valence-corrected chi connectivity index (χ4v) is 3.82. The van der Waals surface area contributed by atoms with Gasteiger partial charge in [-0.2, -0.15) is 13.2 Å². The van der Waals surface area contributed by atoms with Crippen LogP contribution in [0.5, 0.6) is 0 Å². The van der Waals surface area contributed by atoms with Gasteiger partial charge in [-0.15, -0.1) is 0 Å². The number of nitrogens with one attached hydrogen (secondary N) is 1. The van der Waals surface area contributed by atoms with E-state index in [1.807, 2.05) is 12.1 Å². The van der Waals surface area contributed by atoms with Gasteiger partial charge in [0.15, 0.2) is 0 Å². The quantitative estimate of drug-likeness (QED) is 0.645. The van der Waals surface area contributed by atoms with Crippen molar-refractivity contribution in [1.82, 2.24) is 19.8 Å². The van der Waals surface area contributed by atoms with E-state index in [0.29, 0.717) is 17.1 Å². The summed E-state index contributed by atoms with van der Waals surface area (Å²) in [6.45, 7) is 8.46. The highest BCUT2D eigenvalue weighted by Crippen LogP contribution is 2.32. The van der Waals surface area contributed by atoms with Crippen molar-refractivity contribution in [3.05, 3.63) is 65.9 Å². The molecule has 2 aromatic carbocycles. The van der Waals surface area contributed by atoms with Gasteiger partial charge in [0.1, 0.15) is 5.82 Å². The van der Waals surface area contributed by atoms with Gasteiger partial charge in [-0.05, 0) is 30.3 Å². The minimum atomic E-state index is -4.37. The van der Waals surface area contributed by atoms with E-state index in [4.69, 9.17) is 0 Å². The van der Waals surface area contributed by atoms with E-state index in [0.717, 1.165) is 57.0 Å². The SMILES string of the molecule is CCN1CCN(Cc2cccc(-c3ncc(-c4cccc(C(F)(F)F)c4)[nH]3)c2)CC1. The molecule has 1 N–H and O–H groups in total. The summed E-state index contributed by atoms with van der Waals surface area (Å²) in [7, 11) is 0. The van der Waals surface area contributed by atoms with Crippen LogP contribution in [0.25, 0.3) is 22.6 Å². The van der Waals surface area contributed by atoms with Gasteiger partial charge in [0.25, 0.3) is 0 Å². The van der Waals surface area contributed by atoms with Gasteiger partial charge in [-0.3, -0.25) is 4.90 Å². The number of hydrogen-bond donors (Lipinski definition) is 1. The number of hydrogen-bond acceptors (Lipinski definition) is 3. The molecule has 0 unspecified atom stereocenters. The molecule has 158 valence electrons. The Morgan fingerprint density at radius 2 is 1.63 bits per heavy atom. The number of nitrogens with zero attached hydrogens (tertiary/aromatic N) is 3. The normalized spacial score (nSPS) is 16.1. The van der Waals surface area contributed by atoms with Crippen molar-refractivity contribution in [3.63, 3.8) is 0 Å². The maximum atomic E-state index is 13.0. The Balaban J connectivity index is 1.50. The maximum Gasteiger partial charge on any atom is 0.416 e. The van der Waals surface area contributed by atoms with E-state index < -0.39 is 11.7 Å². The number of benzene rings is 2. The first-order valence-electron chi connectivity index (χ1n) is 10.2. The molecular formula is C23H25F3N4. The Hall–Kier alpha value is -2.64. The molecule has 0 spiro atoms. The number of likely N-dealkylation sites (N-methyl/N-ethyl adjacent to an activating group) is 1. The molecule has 0 atom stereocenters. The van der Waals surface area contributed by atoms with Gasteiger partial charge in [-0.25, -0.2) is 4.98 Å². The van der Waals surface area contributed by atoms with Crippen LogP contribution in [0.15, 0.2) is 54.7 Å². The van der Waals surface area contributed by atoms with Crippen molar-refractivity contribution in [2.75, 3.05) is 32.7 Å². The molecule has 7 heteroatoms. The lowest BCUT2D eigenvalue weighted by Crippen LogP contribution is -2.45. The summed E-state index contributed by atoms with van der Waals surface area (Å²) in [6.07, 6.45) is -2.78. The van der Waals surface area contributed by atoms with Crippen molar-refractivity contribution in [1.29, 1.82) is 0 Å². The molecule has 1 aliphatic rings. The van der Waals surface area contributed by atoms with Gasteiger partial charge >= 0.3 is 6.18 Å². The molecular weight excluding hydrogens is 389 g/mol. The highest BCUT2D eigenvalue weighted by molar-refractivity contribution is 5.65. The molecule has 0 saturated carbocycles. The summed E-state index contributed by atoms with van der Waals surface area (Å²) in [5.74, 6) is 0.653. The molecule has 3 aromatic rings. The van der Waals surface area contributed by atoms with Crippen LogP contribution in [0.1, 0.15) is 18.1 Å². The molecule has 30 heavy (non-hydrogen) atoms. The number of imidazole rings is 1. The number of H-pyrrole nitrogens is 1. The second kappa shape index (κ2) is 8.62.